The molecule has 2 bridgehead atoms. The molecule has 1 fully saturated rings. The smallest absolute Gasteiger partial charge is 0.0486 e. The van der Waals surface area contributed by atoms with E-state index in [1.165, 1.54) is 41.3 Å². The molecule has 2 atom stereocenters. The van der Waals surface area contributed by atoms with Crippen molar-refractivity contribution < 1.29 is 0 Å². The molecular formula is C23H27N3. The number of aryl methyl sites for hydroxylation is 4. The van der Waals surface area contributed by atoms with Crippen LogP contribution in [0.25, 0.3) is 10.9 Å². The molecule has 1 aromatic carbocycles. The third kappa shape index (κ3) is 2.41. The summed E-state index contributed by atoms with van der Waals surface area (Å²) in [7, 11) is 2.32. The topological polar surface area (TPSA) is 21.1 Å². The summed E-state index contributed by atoms with van der Waals surface area (Å²) < 4.78 is 2.61. The number of pyridine rings is 1. The highest BCUT2D eigenvalue weighted by molar-refractivity contribution is 5.87. The average molecular weight is 345 g/mol. The van der Waals surface area contributed by atoms with Crippen molar-refractivity contribution in [3.05, 3.63) is 64.6 Å². The molecule has 2 aromatic heterocycles. The molecule has 1 saturated heterocycles. The molecule has 5 rings (SSSR count). The molecule has 0 spiro atoms. The predicted molar refractivity (Wildman–Crippen MR) is 107 cm³/mol. The molecule has 3 aromatic rings. The highest BCUT2D eigenvalue weighted by Gasteiger charge is 2.40. The Morgan fingerprint density at radius 2 is 2.00 bits per heavy atom. The lowest BCUT2D eigenvalue weighted by molar-refractivity contribution is 0.222. The highest BCUT2D eigenvalue weighted by Crippen LogP contribution is 2.46. The first-order valence-electron chi connectivity index (χ1n) is 9.87. The Morgan fingerprint density at radius 3 is 2.81 bits per heavy atom. The summed E-state index contributed by atoms with van der Waals surface area (Å²) in [6, 6.07) is 12.7. The largest absolute Gasteiger partial charge is 0.344 e. The summed E-state index contributed by atoms with van der Waals surface area (Å²) in [6.45, 7) is 5.31. The van der Waals surface area contributed by atoms with Crippen LogP contribution in [0.3, 0.4) is 0 Å². The predicted octanol–water partition coefficient (Wildman–Crippen LogP) is 4.59. The molecule has 4 heterocycles. The number of fused-ring (bicyclic) bond motifs is 6. The van der Waals surface area contributed by atoms with E-state index in [9.17, 15) is 0 Å². The van der Waals surface area contributed by atoms with Crippen molar-refractivity contribution in [2.24, 2.45) is 0 Å². The van der Waals surface area contributed by atoms with Crippen molar-refractivity contribution in [3.8, 4) is 0 Å². The Bertz CT molecular complexity index is 967. The van der Waals surface area contributed by atoms with Crippen molar-refractivity contribution in [1.29, 1.82) is 0 Å². The van der Waals surface area contributed by atoms with Gasteiger partial charge in [-0.05, 0) is 69.5 Å². The van der Waals surface area contributed by atoms with Gasteiger partial charge in [-0.15, -0.1) is 0 Å². The second kappa shape index (κ2) is 5.95. The van der Waals surface area contributed by atoms with E-state index in [0.29, 0.717) is 6.04 Å². The molecule has 2 aliphatic rings. The van der Waals surface area contributed by atoms with Crippen molar-refractivity contribution in [2.45, 2.75) is 58.2 Å². The molecule has 134 valence electrons. The summed E-state index contributed by atoms with van der Waals surface area (Å²) in [5, 5.41) is 1.49. The van der Waals surface area contributed by atoms with Crippen LogP contribution in [0.4, 0.5) is 0 Å². The monoisotopic (exact) mass is 345 g/mol. The van der Waals surface area contributed by atoms with Crippen molar-refractivity contribution in [3.63, 3.8) is 0 Å². The molecule has 2 aliphatic heterocycles. The fourth-order valence-corrected chi connectivity index (χ4v) is 5.11. The average Bonchev–Trinajstić information content (AvgIpc) is 3.04. The zero-order valence-electron chi connectivity index (χ0n) is 16.0. The number of benzene rings is 1. The summed E-state index contributed by atoms with van der Waals surface area (Å²) in [5.41, 5.74) is 8.41. The van der Waals surface area contributed by atoms with E-state index < -0.39 is 0 Å². The minimum absolute atomic E-state index is 0.607. The zero-order chi connectivity index (χ0) is 17.8. The van der Waals surface area contributed by atoms with Crippen LogP contribution in [0.5, 0.6) is 0 Å². The molecule has 0 aliphatic carbocycles. The highest BCUT2D eigenvalue weighted by atomic mass is 15.2. The van der Waals surface area contributed by atoms with Crippen molar-refractivity contribution in [1.82, 2.24) is 14.5 Å². The van der Waals surface area contributed by atoms with Crippen LogP contribution in [0, 0.1) is 13.8 Å². The summed E-state index contributed by atoms with van der Waals surface area (Å²) in [6.07, 6.45) is 6.92. The van der Waals surface area contributed by atoms with Gasteiger partial charge in [-0.1, -0.05) is 17.7 Å². The van der Waals surface area contributed by atoms with Crippen LogP contribution in [-0.2, 0) is 19.4 Å². The number of hydrogen-bond acceptors (Lipinski definition) is 2. The zero-order valence-corrected chi connectivity index (χ0v) is 16.0. The number of aromatic nitrogens is 2. The third-order valence-corrected chi connectivity index (χ3v) is 6.57. The van der Waals surface area contributed by atoms with E-state index in [-0.39, 0.29) is 0 Å². The molecule has 3 heteroatoms. The molecular weight excluding hydrogens is 318 g/mol. The van der Waals surface area contributed by atoms with E-state index >= 15 is 0 Å². The first-order chi connectivity index (χ1) is 12.6. The van der Waals surface area contributed by atoms with Gasteiger partial charge in [0.2, 0.25) is 0 Å². The number of rotatable bonds is 3. The molecule has 3 nitrogen and oxygen atoms in total. The molecule has 26 heavy (non-hydrogen) atoms. The van der Waals surface area contributed by atoms with E-state index in [4.69, 9.17) is 0 Å². The van der Waals surface area contributed by atoms with Crippen LogP contribution >= 0.6 is 0 Å². The van der Waals surface area contributed by atoms with Crippen LogP contribution in [0.1, 0.15) is 47.0 Å². The van der Waals surface area contributed by atoms with E-state index in [1.807, 2.05) is 13.1 Å². The second-order valence-electron chi connectivity index (χ2n) is 8.21. The van der Waals surface area contributed by atoms with Gasteiger partial charge < -0.3 is 4.57 Å². The first-order valence-corrected chi connectivity index (χ1v) is 9.87. The minimum atomic E-state index is 0.607. The maximum atomic E-state index is 4.47. The summed E-state index contributed by atoms with van der Waals surface area (Å²) in [5.74, 6) is 0. The summed E-state index contributed by atoms with van der Waals surface area (Å²) in [4.78, 5) is 7.09. The Hall–Kier alpha value is -2.13. The van der Waals surface area contributed by atoms with Gasteiger partial charge in [0, 0.05) is 53.5 Å². The minimum Gasteiger partial charge on any atom is -0.344 e. The van der Waals surface area contributed by atoms with Crippen molar-refractivity contribution in [2.75, 3.05) is 7.05 Å². The van der Waals surface area contributed by atoms with Crippen LogP contribution in [-0.4, -0.2) is 27.5 Å². The van der Waals surface area contributed by atoms with Crippen LogP contribution < -0.4 is 0 Å². The van der Waals surface area contributed by atoms with Gasteiger partial charge in [-0.25, -0.2) is 0 Å². The van der Waals surface area contributed by atoms with E-state index in [0.717, 1.165) is 24.7 Å². The fourth-order valence-electron chi connectivity index (χ4n) is 5.11. The Balaban J connectivity index is 1.59. The van der Waals surface area contributed by atoms with E-state index in [1.54, 1.807) is 11.3 Å². The molecule has 0 amide bonds. The lowest BCUT2D eigenvalue weighted by Gasteiger charge is -2.32. The van der Waals surface area contributed by atoms with Crippen LogP contribution in [0.2, 0.25) is 0 Å². The van der Waals surface area contributed by atoms with Crippen molar-refractivity contribution >= 4 is 10.9 Å². The molecule has 0 N–H and O–H groups in total. The Kier molecular flexibility index (Phi) is 3.68. The van der Waals surface area contributed by atoms with Gasteiger partial charge in [-0.2, -0.15) is 0 Å². The quantitative estimate of drug-likeness (QED) is 0.692. The fraction of sp³-hybridized carbons (Fsp3) is 0.435. The lowest BCUT2D eigenvalue weighted by Crippen LogP contribution is -2.34. The van der Waals surface area contributed by atoms with Gasteiger partial charge in [0.15, 0.2) is 0 Å². The second-order valence-corrected chi connectivity index (χ2v) is 8.21. The number of likely N-dealkylation sites (N-methyl/N-ethyl adjacent to an activating group) is 1. The maximum Gasteiger partial charge on any atom is 0.0486 e. The molecule has 0 saturated carbocycles. The van der Waals surface area contributed by atoms with Gasteiger partial charge >= 0.3 is 0 Å². The number of hydrogen-bond donors (Lipinski definition) is 0. The van der Waals surface area contributed by atoms with Gasteiger partial charge in [0.25, 0.3) is 0 Å². The van der Waals surface area contributed by atoms with Crippen LogP contribution in [0.15, 0.2) is 36.5 Å². The van der Waals surface area contributed by atoms with Gasteiger partial charge in [-0.3, -0.25) is 9.88 Å². The Labute approximate surface area is 155 Å². The normalized spacial score (nSPS) is 22.1. The van der Waals surface area contributed by atoms with Gasteiger partial charge in [0.1, 0.15) is 0 Å². The lowest BCUT2D eigenvalue weighted by atomic mass is 9.97. The van der Waals surface area contributed by atoms with E-state index in [2.05, 4.69) is 58.8 Å². The SMILES string of the molecule is Cc1ccc2c(c1)c1c(n2CCc2ccc(C)nc2)C[C@H]2CC[C@@H]1N2C. The standard InChI is InChI=1S/C23H27N3/c1-15-4-8-20-19(12-15)23-21-9-7-18(25(21)3)13-22(23)26(20)11-10-17-6-5-16(2)24-14-17/h4-6,8,12,14,18,21H,7,9-11,13H2,1-3H3/t18-,21+/m1/s1. The molecule has 0 unspecified atom stereocenters. The third-order valence-electron chi connectivity index (χ3n) is 6.57. The maximum absolute atomic E-state index is 4.47. The Morgan fingerprint density at radius 1 is 1.12 bits per heavy atom. The number of nitrogens with zero attached hydrogens (tertiary/aromatic N) is 3. The first kappa shape index (κ1) is 16.1. The van der Waals surface area contributed by atoms with Gasteiger partial charge in [0.05, 0.1) is 0 Å². The summed E-state index contributed by atoms with van der Waals surface area (Å²) >= 11 is 0. The molecule has 0 radical (unpaired) electrons.